The summed E-state index contributed by atoms with van der Waals surface area (Å²) < 4.78 is 0. The number of fused-ring (bicyclic) bond motifs is 1. The fourth-order valence-corrected chi connectivity index (χ4v) is 3.50. The molecule has 0 amide bonds. The standard InChI is InChI=1S/C21H22N6O/c1-14(2)27(21-19-20(24-12-23-19)25-13-26-21)18(16-4-3-9-22-11-16)10-15-5-7-17(28)8-6-15/h3-9,11-14,18,28H,10H2,1-2H3,(H,23,24,25,26). The number of imidazole rings is 1. The Kier molecular flexibility index (Phi) is 4.89. The third kappa shape index (κ3) is 3.51. The van der Waals surface area contributed by atoms with E-state index in [0.717, 1.165) is 28.9 Å². The summed E-state index contributed by atoms with van der Waals surface area (Å²) in [4.78, 5) is 22.9. The summed E-state index contributed by atoms with van der Waals surface area (Å²) in [5.41, 5.74) is 3.66. The Labute approximate surface area is 163 Å². The van der Waals surface area contributed by atoms with E-state index in [1.807, 2.05) is 24.4 Å². The fourth-order valence-electron chi connectivity index (χ4n) is 3.50. The molecule has 0 saturated heterocycles. The number of anilines is 1. The summed E-state index contributed by atoms with van der Waals surface area (Å²) in [5, 5.41) is 9.63. The van der Waals surface area contributed by atoms with E-state index in [0.29, 0.717) is 5.65 Å². The molecule has 0 aliphatic carbocycles. The molecule has 4 aromatic rings. The maximum absolute atomic E-state index is 9.63. The van der Waals surface area contributed by atoms with Crippen LogP contribution in [0.1, 0.15) is 31.0 Å². The Morgan fingerprint density at radius 3 is 2.61 bits per heavy atom. The van der Waals surface area contributed by atoms with Gasteiger partial charge in [-0.1, -0.05) is 18.2 Å². The zero-order chi connectivity index (χ0) is 19.5. The average Bonchev–Trinajstić information content (AvgIpc) is 3.19. The number of aromatic hydroxyl groups is 1. The molecule has 4 rings (SSSR count). The Hall–Kier alpha value is -3.48. The van der Waals surface area contributed by atoms with Gasteiger partial charge < -0.3 is 15.0 Å². The molecule has 3 aromatic heterocycles. The molecule has 1 aromatic carbocycles. The van der Waals surface area contributed by atoms with E-state index in [4.69, 9.17) is 0 Å². The van der Waals surface area contributed by atoms with Crippen LogP contribution in [0.15, 0.2) is 61.4 Å². The molecule has 0 aliphatic heterocycles. The van der Waals surface area contributed by atoms with E-state index in [1.165, 1.54) is 0 Å². The molecule has 0 spiro atoms. The van der Waals surface area contributed by atoms with Crippen molar-refractivity contribution in [1.82, 2.24) is 24.9 Å². The lowest BCUT2D eigenvalue weighted by atomic mass is 9.97. The van der Waals surface area contributed by atoms with E-state index >= 15 is 0 Å². The van der Waals surface area contributed by atoms with Gasteiger partial charge in [0.2, 0.25) is 0 Å². The second-order valence-corrected chi connectivity index (χ2v) is 6.97. The molecule has 142 valence electrons. The number of aromatic amines is 1. The number of benzene rings is 1. The monoisotopic (exact) mass is 374 g/mol. The zero-order valence-electron chi connectivity index (χ0n) is 15.8. The molecule has 0 radical (unpaired) electrons. The third-order valence-electron chi connectivity index (χ3n) is 4.77. The largest absolute Gasteiger partial charge is 0.508 e. The Morgan fingerprint density at radius 1 is 1.07 bits per heavy atom. The topological polar surface area (TPSA) is 90.8 Å². The van der Waals surface area contributed by atoms with Gasteiger partial charge in [0.1, 0.15) is 17.6 Å². The first-order valence-electron chi connectivity index (χ1n) is 9.23. The smallest absolute Gasteiger partial charge is 0.162 e. The molecule has 2 N–H and O–H groups in total. The lowest BCUT2D eigenvalue weighted by molar-refractivity contribution is 0.474. The molecule has 0 fully saturated rings. The van der Waals surface area contributed by atoms with Gasteiger partial charge in [-0.05, 0) is 49.6 Å². The maximum Gasteiger partial charge on any atom is 0.162 e. The summed E-state index contributed by atoms with van der Waals surface area (Å²) in [6.07, 6.45) is 7.60. The number of phenols is 1. The number of pyridine rings is 1. The van der Waals surface area contributed by atoms with Crippen LogP contribution in [0.3, 0.4) is 0 Å². The van der Waals surface area contributed by atoms with Crippen LogP contribution in [0, 0.1) is 0 Å². The molecular weight excluding hydrogens is 352 g/mol. The van der Waals surface area contributed by atoms with Crippen molar-refractivity contribution in [3.05, 3.63) is 72.6 Å². The normalized spacial score (nSPS) is 12.4. The van der Waals surface area contributed by atoms with Gasteiger partial charge in [-0.15, -0.1) is 0 Å². The number of rotatable bonds is 6. The van der Waals surface area contributed by atoms with E-state index in [1.54, 1.807) is 31.0 Å². The van der Waals surface area contributed by atoms with Crippen LogP contribution < -0.4 is 4.90 Å². The predicted octanol–water partition coefficient (Wildman–Crippen LogP) is 3.65. The van der Waals surface area contributed by atoms with Gasteiger partial charge in [0, 0.05) is 18.4 Å². The molecular formula is C21H22N6O. The highest BCUT2D eigenvalue weighted by Gasteiger charge is 2.27. The number of hydrogen-bond donors (Lipinski definition) is 2. The minimum absolute atomic E-state index is 0.00644. The Morgan fingerprint density at radius 2 is 1.89 bits per heavy atom. The minimum atomic E-state index is -0.00644. The number of phenolic OH excluding ortho intramolecular Hbond substituents is 1. The zero-order valence-corrected chi connectivity index (χ0v) is 15.8. The second kappa shape index (κ2) is 7.64. The Balaban J connectivity index is 1.82. The van der Waals surface area contributed by atoms with Crippen molar-refractivity contribution in [2.24, 2.45) is 0 Å². The first-order valence-corrected chi connectivity index (χ1v) is 9.23. The van der Waals surface area contributed by atoms with Crippen molar-refractivity contribution in [3.8, 4) is 5.75 Å². The summed E-state index contributed by atoms with van der Waals surface area (Å²) in [7, 11) is 0. The maximum atomic E-state index is 9.63. The first-order chi connectivity index (χ1) is 13.6. The second-order valence-electron chi connectivity index (χ2n) is 6.97. The summed E-state index contributed by atoms with van der Waals surface area (Å²) in [6.45, 7) is 4.28. The Bertz CT molecular complexity index is 1050. The molecule has 1 unspecified atom stereocenters. The van der Waals surface area contributed by atoms with Crippen LogP contribution in [0.5, 0.6) is 5.75 Å². The number of H-pyrrole nitrogens is 1. The van der Waals surface area contributed by atoms with Gasteiger partial charge in [0.05, 0.1) is 12.4 Å². The van der Waals surface area contributed by atoms with Crippen molar-refractivity contribution in [2.75, 3.05) is 4.90 Å². The van der Waals surface area contributed by atoms with Crippen molar-refractivity contribution in [1.29, 1.82) is 0 Å². The van der Waals surface area contributed by atoms with Gasteiger partial charge in [0.15, 0.2) is 11.5 Å². The van der Waals surface area contributed by atoms with Gasteiger partial charge in [-0.2, -0.15) is 0 Å². The van der Waals surface area contributed by atoms with Gasteiger partial charge in [-0.25, -0.2) is 15.0 Å². The van der Waals surface area contributed by atoms with Crippen LogP contribution >= 0.6 is 0 Å². The van der Waals surface area contributed by atoms with Crippen molar-refractivity contribution in [2.45, 2.75) is 32.4 Å². The molecule has 0 aliphatic rings. The highest BCUT2D eigenvalue weighted by atomic mass is 16.3. The number of hydrogen-bond acceptors (Lipinski definition) is 6. The average molecular weight is 374 g/mol. The van der Waals surface area contributed by atoms with Gasteiger partial charge in [0.25, 0.3) is 0 Å². The van der Waals surface area contributed by atoms with Crippen LogP contribution in [0.25, 0.3) is 11.2 Å². The molecule has 7 heteroatoms. The lowest BCUT2D eigenvalue weighted by Gasteiger charge is -2.36. The van der Waals surface area contributed by atoms with Gasteiger partial charge in [-0.3, -0.25) is 4.98 Å². The lowest BCUT2D eigenvalue weighted by Crippen LogP contribution is -2.37. The number of nitrogens with one attached hydrogen (secondary N) is 1. The summed E-state index contributed by atoms with van der Waals surface area (Å²) >= 11 is 0. The van der Waals surface area contributed by atoms with Crippen LogP contribution in [-0.4, -0.2) is 36.1 Å². The SMILES string of the molecule is CC(C)N(c1ncnc2[nH]cnc12)C(Cc1ccc(O)cc1)c1cccnc1. The molecule has 28 heavy (non-hydrogen) atoms. The van der Waals surface area contributed by atoms with Crippen molar-refractivity contribution >= 4 is 17.0 Å². The molecule has 1 atom stereocenters. The number of nitrogens with zero attached hydrogens (tertiary/aromatic N) is 5. The molecule has 7 nitrogen and oxygen atoms in total. The predicted molar refractivity (Wildman–Crippen MR) is 108 cm³/mol. The van der Waals surface area contributed by atoms with E-state index in [-0.39, 0.29) is 17.8 Å². The van der Waals surface area contributed by atoms with Crippen LogP contribution in [0.2, 0.25) is 0 Å². The van der Waals surface area contributed by atoms with Crippen LogP contribution in [-0.2, 0) is 6.42 Å². The van der Waals surface area contributed by atoms with Crippen LogP contribution in [0.4, 0.5) is 5.82 Å². The highest BCUT2D eigenvalue weighted by Crippen LogP contribution is 2.33. The minimum Gasteiger partial charge on any atom is -0.508 e. The summed E-state index contributed by atoms with van der Waals surface area (Å²) in [5.74, 6) is 1.05. The highest BCUT2D eigenvalue weighted by molar-refractivity contribution is 5.83. The van der Waals surface area contributed by atoms with E-state index in [2.05, 4.69) is 49.7 Å². The molecule has 3 heterocycles. The van der Waals surface area contributed by atoms with Crippen molar-refractivity contribution < 1.29 is 5.11 Å². The van der Waals surface area contributed by atoms with Gasteiger partial charge >= 0.3 is 0 Å². The molecule has 0 bridgehead atoms. The quantitative estimate of drug-likeness (QED) is 0.535. The first kappa shape index (κ1) is 17.9. The fraction of sp³-hybridized carbons (Fsp3) is 0.238. The molecule has 0 saturated carbocycles. The third-order valence-corrected chi connectivity index (χ3v) is 4.77. The van der Waals surface area contributed by atoms with E-state index < -0.39 is 0 Å². The van der Waals surface area contributed by atoms with Crippen molar-refractivity contribution in [3.63, 3.8) is 0 Å². The van der Waals surface area contributed by atoms with E-state index in [9.17, 15) is 5.11 Å². The number of aromatic nitrogens is 5. The summed E-state index contributed by atoms with van der Waals surface area (Å²) in [6, 6.07) is 11.5.